The maximum absolute atomic E-state index is 11.7. The third-order valence-corrected chi connectivity index (χ3v) is 4.74. The highest BCUT2D eigenvalue weighted by Crippen LogP contribution is 2.25. The predicted octanol–water partition coefficient (Wildman–Crippen LogP) is 1.35. The van der Waals surface area contributed by atoms with Crippen molar-refractivity contribution in [2.24, 2.45) is 0 Å². The first kappa shape index (κ1) is 16.2. The van der Waals surface area contributed by atoms with Crippen molar-refractivity contribution in [1.82, 2.24) is 14.9 Å². The largest absolute Gasteiger partial charge is 0.376 e. The number of carbonyl (C=O) groups is 1. The summed E-state index contributed by atoms with van der Waals surface area (Å²) in [6.07, 6.45) is 4.19. The molecule has 2 aliphatic heterocycles. The Kier molecular flexibility index (Phi) is 4.80. The van der Waals surface area contributed by atoms with E-state index in [-0.39, 0.29) is 5.91 Å². The Morgan fingerprint density at radius 1 is 1.35 bits per heavy atom. The molecule has 6 nitrogen and oxygen atoms in total. The third-order valence-electron chi connectivity index (χ3n) is 4.74. The van der Waals surface area contributed by atoms with Gasteiger partial charge in [-0.25, -0.2) is 9.97 Å². The fourth-order valence-corrected chi connectivity index (χ4v) is 3.51. The second-order valence-corrected chi connectivity index (χ2v) is 6.54. The number of nitrogens with zero attached hydrogens (tertiary/aromatic N) is 4. The quantitative estimate of drug-likeness (QED) is 0.842. The molecule has 3 rings (SSSR count). The summed E-state index contributed by atoms with van der Waals surface area (Å²) in [5.74, 6) is 1.94. The molecule has 1 unspecified atom stereocenters. The minimum atomic E-state index is 0.136. The van der Waals surface area contributed by atoms with Crippen LogP contribution in [0.2, 0.25) is 0 Å². The van der Waals surface area contributed by atoms with Gasteiger partial charge in [-0.3, -0.25) is 4.79 Å². The van der Waals surface area contributed by atoms with E-state index in [1.165, 1.54) is 5.56 Å². The summed E-state index contributed by atoms with van der Waals surface area (Å²) in [5, 5.41) is 0. The molecule has 0 spiro atoms. The average Bonchev–Trinajstić information content (AvgIpc) is 2.91. The van der Waals surface area contributed by atoms with Gasteiger partial charge in [-0.05, 0) is 26.2 Å². The molecule has 6 heteroatoms. The van der Waals surface area contributed by atoms with Crippen LogP contribution in [0.15, 0.2) is 0 Å². The van der Waals surface area contributed by atoms with Crippen LogP contribution in [0.1, 0.15) is 36.8 Å². The Morgan fingerprint density at radius 3 is 2.83 bits per heavy atom. The van der Waals surface area contributed by atoms with Crippen LogP contribution < -0.4 is 4.90 Å². The molecule has 126 valence electrons. The lowest BCUT2D eigenvalue weighted by Gasteiger charge is -2.25. The normalized spacial score (nSPS) is 21.0. The monoisotopic (exact) mass is 318 g/mol. The molecule has 1 fully saturated rings. The van der Waals surface area contributed by atoms with Gasteiger partial charge in [-0.1, -0.05) is 0 Å². The Balaban J connectivity index is 1.83. The summed E-state index contributed by atoms with van der Waals surface area (Å²) in [6, 6.07) is 0. The van der Waals surface area contributed by atoms with Gasteiger partial charge >= 0.3 is 0 Å². The molecule has 23 heavy (non-hydrogen) atoms. The molecule has 1 saturated heterocycles. The van der Waals surface area contributed by atoms with Crippen molar-refractivity contribution in [3.8, 4) is 0 Å². The van der Waals surface area contributed by atoms with Gasteiger partial charge < -0.3 is 14.5 Å². The number of likely N-dealkylation sites (N-methyl/N-ethyl adjacent to an activating group) is 1. The number of fused-ring (bicyclic) bond motifs is 1. The molecule has 2 aliphatic rings. The Bertz CT molecular complexity index is 584. The fraction of sp³-hybridized carbons (Fsp3) is 0.706. The maximum Gasteiger partial charge on any atom is 0.219 e. The first-order valence-corrected chi connectivity index (χ1v) is 8.49. The summed E-state index contributed by atoms with van der Waals surface area (Å²) in [5.41, 5.74) is 2.29. The molecule has 0 N–H and O–H groups in total. The highest BCUT2D eigenvalue weighted by atomic mass is 16.5. The van der Waals surface area contributed by atoms with Crippen LogP contribution >= 0.6 is 0 Å². The molecule has 0 aromatic carbocycles. The zero-order chi connectivity index (χ0) is 16.4. The molecular formula is C17H26N4O2. The summed E-state index contributed by atoms with van der Waals surface area (Å²) in [4.78, 5) is 25.1. The van der Waals surface area contributed by atoms with E-state index < -0.39 is 0 Å². The van der Waals surface area contributed by atoms with E-state index in [9.17, 15) is 4.79 Å². The van der Waals surface area contributed by atoms with Crippen LogP contribution in [0.4, 0.5) is 5.82 Å². The van der Waals surface area contributed by atoms with Gasteiger partial charge in [-0.2, -0.15) is 0 Å². The van der Waals surface area contributed by atoms with E-state index in [4.69, 9.17) is 9.72 Å². The number of ether oxygens (including phenoxy) is 1. The Hall–Kier alpha value is -1.69. The minimum absolute atomic E-state index is 0.136. The van der Waals surface area contributed by atoms with Gasteiger partial charge in [0.15, 0.2) is 0 Å². The zero-order valence-electron chi connectivity index (χ0n) is 14.3. The van der Waals surface area contributed by atoms with Crippen molar-refractivity contribution in [3.63, 3.8) is 0 Å². The van der Waals surface area contributed by atoms with Crippen LogP contribution in [0.3, 0.4) is 0 Å². The topological polar surface area (TPSA) is 58.6 Å². The summed E-state index contributed by atoms with van der Waals surface area (Å²) in [7, 11) is 2.08. The second kappa shape index (κ2) is 6.83. The number of aromatic nitrogens is 2. The smallest absolute Gasteiger partial charge is 0.219 e. The van der Waals surface area contributed by atoms with Crippen molar-refractivity contribution in [2.75, 3.05) is 38.2 Å². The zero-order valence-corrected chi connectivity index (χ0v) is 14.3. The first-order valence-electron chi connectivity index (χ1n) is 8.49. The number of aryl methyl sites for hydroxylation is 1. The van der Waals surface area contributed by atoms with E-state index in [1.807, 2.05) is 11.8 Å². The van der Waals surface area contributed by atoms with Gasteiger partial charge in [0.05, 0.1) is 11.8 Å². The van der Waals surface area contributed by atoms with Crippen LogP contribution in [0, 0.1) is 6.92 Å². The van der Waals surface area contributed by atoms with Gasteiger partial charge in [-0.15, -0.1) is 0 Å². The molecule has 0 bridgehead atoms. The highest BCUT2D eigenvalue weighted by molar-refractivity contribution is 5.73. The molecule has 3 heterocycles. The summed E-state index contributed by atoms with van der Waals surface area (Å²) >= 11 is 0. The molecule has 0 radical (unpaired) electrons. The van der Waals surface area contributed by atoms with Gasteiger partial charge in [0.1, 0.15) is 11.6 Å². The molecule has 0 saturated carbocycles. The lowest BCUT2D eigenvalue weighted by molar-refractivity contribution is -0.128. The van der Waals surface area contributed by atoms with Crippen molar-refractivity contribution < 1.29 is 9.53 Å². The summed E-state index contributed by atoms with van der Waals surface area (Å²) < 4.78 is 5.75. The predicted molar refractivity (Wildman–Crippen MR) is 88.7 cm³/mol. The Morgan fingerprint density at radius 2 is 2.13 bits per heavy atom. The van der Waals surface area contributed by atoms with Crippen LogP contribution in [0.5, 0.6) is 0 Å². The van der Waals surface area contributed by atoms with Crippen LogP contribution in [-0.4, -0.2) is 60.2 Å². The van der Waals surface area contributed by atoms with E-state index in [2.05, 4.69) is 16.9 Å². The number of hydrogen-bond acceptors (Lipinski definition) is 5. The molecule has 0 aliphatic carbocycles. The number of hydrogen-bond donors (Lipinski definition) is 0. The average molecular weight is 318 g/mol. The number of amides is 1. The van der Waals surface area contributed by atoms with E-state index in [1.54, 1.807) is 6.92 Å². The van der Waals surface area contributed by atoms with Gasteiger partial charge in [0.25, 0.3) is 0 Å². The SMILES string of the molecule is CC(=O)N1CCc2nc(C)nc(N(C)CC3CCCO3)c2CC1. The van der Waals surface area contributed by atoms with E-state index in [0.717, 1.165) is 69.3 Å². The molecule has 1 aromatic heterocycles. The first-order chi connectivity index (χ1) is 11.0. The lowest BCUT2D eigenvalue weighted by Crippen LogP contribution is -2.31. The number of carbonyl (C=O) groups excluding carboxylic acids is 1. The molecule has 1 atom stereocenters. The molecule has 1 aromatic rings. The number of rotatable bonds is 3. The van der Waals surface area contributed by atoms with Crippen molar-refractivity contribution >= 4 is 11.7 Å². The number of anilines is 1. The molecular weight excluding hydrogens is 292 g/mol. The van der Waals surface area contributed by atoms with Gasteiger partial charge in [0.2, 0.25) is 5.91 Å². The molecule has 1 amide bonds. The highest BCUT2D eigenvalue weighted by Gasteiger charge is 2.24. The van der Waals surface area contributed by atoms with Crippen LogP contribution in [-0.2, 0) is 22.4 Å². The third kappa shape index (κ3) is 3.63. The van der Waals surface area contributed by atoms with E-state index in [0.29, 0.717) is 6.10 Å². The Labute approximate surface area is 137 Å². The van der Waals surface area contributed by atoms with Crippen molar-refractivity contribution in [2.45, 2.75) is 45.6 Å². The summed E-state index contributed by atoms with van der Waals surface area (Å²) in [6.45, 7) is 6.80. The van der Waals surface area contributed by atoms with Crippen LogP contribution in [0.25, 0.3) is 0 Å². The van der Waals surface area contributed by atoms with Gasteiger partial charge in [0, 0.05) is 52.2 Å². The standard InChI is InChI=1S/C17H26N4O2/c1-12-18-16-7-9-21(13(2)22)8-6-15(16)17(19-12)20(3)11-14-5-4-10-23-14/h14H,4-11H2,1-3H3. The lowest BCUT2D eigenvalue weighted by atomic mass is 10.1. The van der Waals surface area contributed by atoms with Crippen molar-refractivity contribution in [1.29, 1.82) is 0 Å². The fourth-order valence-electron chi connectivity index (χ4n) is 3.51. The van der Waals surface area contributed by atoms with Crippen molar-refractivity contribution in [3.05, 3.63) is 17.1 Å². The van der Waals surface area contributed by atoms with E-state index >= 15 is 0 Å². The second-order valence-electron chi connectivity index (χ2n) is 6.54. The minimum Gasteiger partial charge on any atom is -0.376 e. The maximum atomic E-state index is 11.7.